The first-order valence-corrected chi connectivity index (χ1v) is 7.83. The van der Waals surface area contributed by atoms with Crippen molar-refractivity contribution in [3.8, 4) is 5.88 Å². The Balaban J connectivity index is 2.34. The van der Waals surface area contributed by atoms with Crippen LogP contribution in [-0.2, 0) is 11.4 Å². The smallest absolute Gasteiger partial charge is 0.218 e. The van der Waals surface area contributed by atoms with E-state index in [-0.39, 0.29) is 10.8 Å². The highest BCUT2D eigenvalue weighted by molar-refractivity contribution is 7.90. The van der Waals surface area contributed by atoms with E-state index in [2.05, 4.69) is 4.98 Å². The molecule has 0 unspecified atom stereocenters. The van der Waals surface area contributed by atoms with Crippen LogP contribution in [0.2, 0.25) is 0 Å². The number of hydrogen-bond acceptors (Lipinski definition) is 4. The average Bonchev–Trinajstić information content (AvgIpc) is 2.85. The van der Waals surface area contributed by atoms with Gasteiger partial charge in [-0.05, 0) is 39.7 Å². The van der Waals surface area contributed by atoms with Crippen molar-refractivity contribution in [2.24, 2.45) is 0 Å². The predicted molar refractivity (Wildman–Crippen MR) is 77.3 cm³/mol. The summed E-state index contributed by atoms with van der Waals surface area (Å²) in [7, 11) is 1.52. The Morgan fingerprint density at radius 2 is 2.20 bits per heavy atom. The summed E-state index contributed by atoms with van der Waals surface area (Å²) >= 11 is -1.13. The second-order valence-corrected chi connectivity index (χ2v) is 8.10. The number of ether oxygens (including phenoxy) is 1. The summed E-state index contributed by atoms with van der Waals surface area (Å²) < 4.78 is 32.9. The van der Waals surface area contributed by atoms with Crippen molar-refractivity contribution >= 4 is 11.4 Å². The molecule has 2 rings (SSSR count). The van der Waals surface area contributed by atoms with Gasteiger partial charge in [-0.1, -0.05) is 0 Å². The molecule has 1 aromatic rings. The first kappa shape index (κ1) is 15.5. The van der Waals surface area contributed by atoms with E-state index in [1.165, 1.54) is 13.2 Å². The van der Waals surface area contributed by atoms with Gasteiger partial charge in [0.1, 0.15) is 10.6 Å². The van der Waals surface area contributed by atoms with Gasteiger partial charge in [-0.25, -0.2) is 9.37 Å². The molecule has 4 nitrogen and oxygen atoms in total. The molecule has 1 aromatic heterocycles. The Hall–Kier alpha value is -0.850. The van der Waals surface area contributed by atoms with E-state index in [9.17, 15) is 8.94 Å². The second-order valence-electron chi connectivity index (χ2n) is 5.91. The lowest BCUT2D eigenvalue weighted by Gasteiger charge is -2.33. The van der Waals surface area contributed by atoms with Gasteiger partial charge in [0.05, 0.1) is 19.3 Å². The molecule has 2 atom stereocenters. The van der Waals surface area contributed by atoms with E-state index in [1.54, 1.807) is 0 Å². The topological polar surface area (TPSA) is 48.4 Å². The molecule has 0 aromatic carbocycles. The zero-order valence-electron chi connectivity index (χ0n) is 12.4. The average molecular weight is 300 g/mol. The highest BCUT2D eigenvalue weighted by Gasteiger charge is 2.42. The summed E-state index contributed by atoms with van der Waals surface area (Å²) in [4.78, 5) is 3.97. The summed E-state index contributed by atoms with van der Waals surface area (Å²) in [6.45, 7) is 6.58. The molecule has 0 radical (unpaired) electrons. The van der Waals surface area contributed by atoms with Crippen LogP contribution in [0, 0.1) is 5.82 Å². The molecular formula is C14H21FN2O2S. The molecule has 0 amide bonds. The van der Waals surface area contributed by atoms with Crippen molar-refractivity contribution in [3.05, 3.63) is 23.6 Å². The van der Waals surface area contributed by atoms with Crippen molar-refractivity contribution in [2.75, 3.05) is 13.7 Å². The number of pyridine rings is 1. The Morgan fingerprint density at radius 1 is 1.50 bits per heavy atom. The molecule has 1 aliphatic rings. The van der Waals surface area contributed by atoms with E-state index in [4.69, 9.17) is 4.74 Å². The van der Waals surface area contributed by atoms with Crippen molar-refractivity contribution < 1.29 is 13.7 Å². The fraction of sp³-hybridized carbons (Fsp3) is 0.643. The standard InChI is InChI=1S/C14H21FN2O2S/c1-14(2,3)20(18)17-7-5-6-12(17)11-8-10(15)9-16-13(11)19-4/h8-9,12H,5-7H2,1-4H3/t12-,20-/m0/s1. The van der Waals surface area contributed by atoms with Crippen LogP contribution in [0.1, 0.15) is 45.2 Å². The van der Waals surface area contributed by atoms with E-state index in [0.717, 1.165) is 25.6 Å². The van der Waals surface area contributed by atoms with Crippen LogP contribution < -0.4 is 4.74 Å². The molecule has 6 heteroatoms. The maximum atomic E-state index is 13.5. The normalized spacial score (nSPS) is 22.0. The minimum absolute atomic E-state index is 0.104. The van der Waals surface area contributed by atoms with Crippen LogP contribution >= 0.6 is 0 Å². The molecule has 0 bridgehead atoms. The minimum atomic E-state index is -1.13. The highest BCUT2D eigenvalue weighted by atomic mass is 32.2. The summed E-state index contributed by atoms with van der Waals surface area (Å²) in [6, 6.07) is 1.34. The van der Waals surface area contributed by atoms with E-state index in [1.807, 2.05) is 25.1 Å². The second kappa shape index (κ2) is 5.87. The molecule has 1 saturated heterocycles. The molecular weight excluding hydrogens is 279 g/mol. The zero-order valence-corrected chi connectivity index (χ0v) is 13.2. The van der Waals surface area contributed by atoms with Gasteiger partial charge in [0.25, 0.3) is 0 Å². The quantitative estimate of drug-likeness (QED) is 0.805. The van der Waals surface area contributed by atoms with Crippen molar-refractivity contribution in [3.63, 3.8) is 0 Å². The third kappa shape index (κ3) is 3.07. The molecule has 20 heavy (non-hydrogen) atoms. The van der Waals surface area contributed by atoms with Gasteiger partial charge in [0.2, 0.25) is 5.88 Å². The zero-order chi connectivity index (χ0) is 14.9. The minimum Gasteiger partial charge on any atom is -0.597 e. The van der Waals surface area contributed by atoms with E-state index >= 15 is 0 Å². The summed E-state index contributed by atoms with van der Waals surface area (Å²) in [6.07, 6.45) is 2.91. The Labute approximate surface area is 122 Å². The Morgan fingerprint density at radius 3 is 2.80 bits per heavy atom. The fourth-order valence-corrected chi connectivity index (χ4v) is 3.90. The number of halogens is 1. The lowest BCUT2D eigenvalue weighted by molar-refractivity contribution is 0.348. The van der Waals surface area contributed by atoms with Gasteiger partial charge in [0.15, 0.2) is 0 Å². The van der Waals surface area contributed by atoms with Gasteiger partial charge in [-0.2, -0.15) is 0 Å². The molecule has 0 aliphatic carbocycles. The molecule has 1 fully saturated rings. The molecule has 2 heterocycles. The maximum Gasteiger partial charge on any atom is 0.218 e. The molecule has 0 N–H and O–H groups in total. The van der Waals surface area contributed by atoms with Gasteiger partial charge in [0, 0.05) is 23.5 Å². The summed E-state index contributed by atoms with van der Waals surface area (Å²) in [5.41, 5.74) is 0.683. The third-order valence-electron chi connectivity index (χ3n) is 3.34. The summed E-state index contributed by atoms with van der Waals surface area (Å²) in [5, 5.41) is 0. The number of aromatic nitrogens is 1. The first-order valence-electron chi connectivity index (χ1n) is 6.72. The van der Waals surface area contributed by atoms with Gasteiger partial charge < -0.3 is 9.29 Å². The molecule has 0 spiro atoms. The van der Waals surface area contributed by atoms with Crippen LogP contribution in [0.3, 0.4) is 0 Å². The van der Waals surface area contributed by atoms with E-state index in [0.29, 0.717) is 11.4 Å². The van der Waals surface area contributed by atoms with Crippen LogP contribution in [-0.4, -0.2) is 32.2 Å². The van der Waals surface area contributed by atoms with Crippen LogP contribution in [0.25, 0.3) is 0 Å². The number of rotatable bonds is 3. The van der Waals surface area contributed by atoms with Crippen molar-refractivity contribution in [1.82, 2.24) is 9.29 Å². The highest BCUT2D eigenvalue weighted by Crippen LogP contribution is 2.40. The van der Waals surface area contributed by atoms with E-state index < -0.39 is 17.2 Å². The van der Waals surface area contributed by atoms with Gasteiger partial charge in [-0.15, -0.1) is 4.31 Å². The summed E-state index contributed by atoms with van der Waals surface area (Å²) in [5.74, 6) is 0.0170. The first-order chi connectivity index (χ1) is 9.34. The SMILES string of the molecule is COc1ncc(F)cc1[C@@H]1CCCN1[S@@+]([O-])C(C)(C)C. The molecule has 112 valence electrons. The largest absolute Gasteiger partial charge is 0.597 e. The Bertz CT molecular complexity index is 479. The maximum absolute atomic E-state index is 13.5. The number of nitrogens with zero attached hydrogens (tertiary/aromatic N) is 2. The van der Waals surface area contributed by atoms with Crippen LogP contribution in [0.5, 0.6) is 5.88 Å². The van der Waals surface area contributed by atoms with Crippen molar-refractivity contribution in [2.45, 2.75) is 44.4 Å². The lowest BCUT2D eigenvalue weighted by Crippen LogP contribution is -2.42. The van der Waals surface area contributed by atoms with Gasteiger partial charge in [-0.3, -0.25) is 0 Å². The Kier molecular flexibility index (Phi) is 4.56. The van der Waals surface area contributed by atoms with Crippen LogP contribution in [0.15, 0.2) is 12.3 Å². The predicted octanol–water partition coefficient (Wildman–Crippen LogP) is 2.83. The van der Waals surface area contributed by atoms with Gasteiger partial charge >= 0.3 is 0 Å². The van der Waals surface area contributed by atoms with Crippen LogP contribution in [0.4, 0.5) is 4.39 Å². The molecule has 1 aliphatic heterocycles. The number of methoxy groups -OCH3 is 1. The van der Waals surface area contributed by atoms with Crippen molar-refractivity contribution in [1.29, 1.82) is 0 Å². The molecule has 0 saturated carbocycles. The lowest BCUT2D eigenvalue weighted by atomic mass is 10.1. The number of hydrogen-bond donors (Lipinski definition) is 0. The monoisotopic (exact) mass is 300 g/mol. The third-order valence-corrected chi connectivity index (χ3v) is 5.25. The fourth-order valence-electron chi connectivity index (χ4n) is 2.45.